The van der Waals surface area contributed by atoms with Crippen LogP contribution in [-0.2, 0) is 4.74 Å². The van der Waals surface area contributed by atoms with Crippen molar-refractivity contribution < 1.29 is 4.74 Å². The lowest BCUT2D eigenvalue weighted by molar-refractivity contribution is 0.0922. The van der Waals surface area contributed by atoms with Crippen molar-refractivity contribution >= 4 is 0 Å². The molecule has 1 rings (SSSR count). The van der Waals surface area contributed by atoms with E-state index in [0.29, 0.717) is 5.92 Å². The Balaban J connectivity index is 2.99. The fourth-order valence-corrected chi connectivity index (χ4v) is 2.62. The molecule has 2 atom stereocenters. The van der Waals surface area contributed by atoms with Gasteiger partial charge in [0, 0.05) is 30.6 Å². The summed E-state index contributed by atoms with van der Waals surface area (Å²) in [6, 6.07) is 0. The monoisotopic (exact) mass is 293 g/mol. The minimum atomic E-state index is -0.0144. The largest absolute Gasteiger partial charge is 0.373 e. The van der Waals surface area contributed by atoms with Crippen LogP contribution in [0.3, 0.4) is 0 Å². The number of hydrogen-bond donors (Lipinski definition) is 1. The molecule has 1 aromatic rings. The average Bonchev–Trinajstić information content (AvgIpc) is 2.36. The van der Waals surface area contributed by atoms with Crippen LogP contribution in [0.1, 0.15) is 75.8 Å². The molecular weight excluding hydrogens is 262 g/mol. The zero-order chi connectivity index (χ0) is 16.2. The van der Waals surface area contributed by atoms with Gasteiger partial charge >= 0.3 is 0 Å². The second-order valence-corrected chi connectivity index (χ2v) is 6.83. The molecule has 0 spiro atoms. The number of methoxy groups -OCH3 is 1. The summed E-state index contributed by atoms with van der Waals surface area (Å²) < 4.78 is 5.45. The molecule has 1 heterocycles. The zero-order valence-electron chi connectivity index (χ0n) is 14.9. The number of nitrogens with zero attached hydrogens (tertiary/aromatic N) is 2. The summed E-state index contributed by atoms with van der Waals surface area (Å²) in [7, 11) is 1.71. The summed E-state index contributed by atoms with van der Waals surface area (Å²) in [6.45, 7) is 15.9. The molecule has 0 aliphatic heterocycles. The Morgan fingerprint density at radius 3 is 2.05 bits per heavy atom. The summed E-state index contributed by atoms with van der Waals surface area (Å²) in [5, 5.41) is 3.55. The summed E-state index contributed by atoms with van der Waals surface area (Å²) in [5.41, 5.74) is 3.51. The van der Waals surface area contributed by atoms with E-state index in [1.54, 1.807) is 7.11 Å². The van der Waals surface area contributed by atoms with Crippen LogP contribution in [0.25, 0.3) is 0 Å². The predicted molar refractivity (Wildman–Crippen MR) is 87.7 cm³/mol. The number of nitrogens with one attached hydrogen (secondary N) is 1. The van der Waals surface area contributed by atoms with Crippen LogP contribution in [0.15, 0.2) is 0 Å². The molecular formula is C17H31N3O. The molecule has 120 valence electrons. The van der Waals surface area contributed by atoms with Gasteiger partial charge in [0.2, 0.25) is 0 Å². The topological polar surface area (TPSA) is 47.0 Å². The molecule has 2 unspecified atom stereocenters. The molecule has 0 radical (unpaired) electrons. The molecule has 0 fully saturated rings. The van der Waals surface area contributed by atoms with Gasteiger partial charge in [0.05, 0.1) is 0 Å². The van der Waals surface area contributed by atoms with Crippen molar-refractivity contribution in [2.24, 2.45) is 0 Å². The van der Waals surface area contributed by atoms with Crippen LogP contribution in [-0.4, -0.2) is 29.2 Å². The third-order valence-corrected chi connectivity index (χ3v) is 3.72. The lowest BCUT2D eigenvalue weighted by Gasteiger charge is -2.25. The molecule has 0 saturated heterocycles. The van der Waals surface area contributed by atoms with E-state index in [2.05, 4.69) is 63.8 Å². The molecule has 0 aliphatic carbocycles. The first-order valence-corrected chi connectivity index (χ1v) is 7.82. The highest BCUT2D eigenvalue weighted by Gasteiger charge is 2.20. The minimum Gasteiger partial charge on any atom is -0.373 e. The van der Waals surface area contributed by atoms with Gasteiger partial charge in [-0.05, 0) is 52.5 Å². The Morgan fingerprint density at radius 1 is 1.14 bits per heavy atom. The first-order chi connectivity index (χ1) is 9.69. The van der Waals surface area contributed by atoms with Crippen molar-refractivity contribution in [1.29, 1.82) is 0 Å². The highest BCUT2D eigenvalue weighted by Crippen LogP contribution is 2.24. The van der Waals surface area contributed by atoms with Crippen molar-refractivity contribution in [2.45, 2.75) is 72.4 Å². The van der Waals surface area contributed by atoms with Crippen LogP contribution in [0.4, 0.5) is 0 Å². The van der Waals surface area contributed by atoms with E-state index < -0.39 is 0 Å². The zero-order valence-corrected chi connectivity index (χ0v) is 14.9. The van der Waals surface area contributed by atoms with Crippen molar-refractivity contribution in [2.75, 3.05) is 13.7 Å². The summed E-state index contributed by atoms with van der Waals surface area (Å²) in [5.74, 6) is 1.19. The first kappa shape index (κ1) is 18.1. The quantitative estimate of drug-likeness (QED) is 0.869. The van der Waals surface area contributed by atoms with Crippen molar-refractivity contribution in [3.05, 3.63) is 22.8 Å². The molecule has 1 aromatic heterocycles. The van der Waals surface area contributed by atoms with E-state index in [4.69, 9.17) is 4.74 Å². The Bertz CT molecular complexity index is 439. The van der Waals surface area contributed by atoms with E-state index in [1.807, 2.05) is 0 Å². The maximum absolute atomic E-state index is 5.45. The Hall–Kier alpha value is -1.00. The molecule has 0 aromatic carbocycles. The third kappa shape index (κ3) is 5.04. The van der Waals surface area contributed by atoms with Gasteiger partial charge < -0.3 is 10.1 Å². The second kappa shape index (κ2) is 7.32. The van der Waals surface area contributed by atoms with E-state index >= 15 is 0 Å². The van der Waals surface area contributed by atoms with Crippen LogP contribution in [0, 0.1) is 13.8 Å². The fraction of sp³-hybridized carbons (Fsp3) is 0.765. The van der Waals surface area contributed by atoms with Crippen molar-refractivity contribution in [1.82, 2.24) is 15.3 Å². The molecule has 0 aliphatic rings. The lowest BCUT2D eigenvalue weighted by atomic mass is 9.96. The van der Waals surface area contributed by atoms with Gasteiger partial charge in [-0.3, -0.25) is 0 Å². The van der Waals surface area contributed by atoms with Gasteiger partial charge in [-0.1, -0.05) is 13.8 Å². The van der Waals surface area contributed by atoms with E-state index in [1.165, 1.54) is 5.56 Å². The van der Waals surface area contributed by atoms with Crippen molar-refractivity contribution in [3.8, 4) is 0 Å². The number of ether oxygens (including phenoxy) is 1. The highest BCUT2D eigenvalue weighted by atomic mass is 16.5. The highest BCUT2D eigenvalue weighted by molar-refractivity contribution is 5.28. The molecule has 4 heteroatoms. The average molecular weight is 293 g/mol. The van der Waals surface area contributed by atoms with Crippen molar-refractivity contribution in [3.63, 3.8) is 0 Å². The van der Waals surface area contributed by atoms with E-state index in [0.717, 1.165) is 30.2 Å². The SMILES string of the molecule is CCC(OC)c1nc(C)c(C(C)CNC(C)(C)C)c(C)n1. The number of rotatable bonds is 6. The van der Waals surface area contributed by atoms with Gasteiger partial charge in [0.1, 0.15) is 6.10 Å². The summed E-state index contributed by atoms with van der Waals surface area (Å²) >= 11 is 0. The maximum Gasteiger partial charge on any atom is 0.157 e. The first-order valence-electron chi connectivity index (χ1n) is 7.82. The van der Waals surface area contributed by atoms with Gasteiger partial charge in [-0.2, -0.15) is 0 Å². The van der Waals surface area contributed by atoms with Gasteiger partial charge in [0.15, 0.2) is 5.82 Å². The molecule has 0 amide bonds. The molecule has 4 nitrogen and oxygen atoms in total. The Morgan fingerprint density at radius 2 is 1.67 bits per heavy atom. The Kier molecular flexibility index (Phi) is 6.29. The van der Waals surface area contributed by atoms with Crippen LogP contribution < -0.4 is 5.32 Å². The smallest absolute Gasteiger partial charge is 0.157 e. The minimum absolute atomic E-state index is 0.0144. The molecule has 1 N–H and O–H groups in total. The predicted octanol–water partition coefficient (Wildman–Crippen LogP) is 3.68. The number of hydrogen-bond acceptors (Lipinski definition) is 4. The fourth-order valence-electron chi connectivity index (χ4n) is 2.62. The standard InChI is InChI=1S/C17H31N3O/c1-9-14(21-8)16-19-12(3)15(13(4)20-16)11(2)10-18-17(5,6)7/h11,14,18H,9-10H2,1-8H3. The number of aryl methyl sites for hydroxylation is 2. The Labute approximate surface area is 129 Å². The van der Waals surface area contributed by atoms with Crippen LogP contribution >= 0.6 is 0 Å². The van der Waals surface area contributed by atoms with Crippen LogP contribution in [0.5, 0.6) is 0 Å². The third-order valence-electron chi connectivity index (χ3n) is 3.72. The van der Waals surface area contributed by atoms with E-state index in [-0.39, 0.29) is 11.6 Å². The van der Waals surface area contributed by atoms with Gasteiger partial charge in [0.25, 0.3) is 0 Å². The number of aromatic nitrogens is 2. The molecule has 0 bridgehead atoms. The maximum atomic E-state index is 5.45. The molecule has 0 saturated carbocycles. The lowest BCUT2D eigenvalue weighted by Crippen LogP contribution is -2.38. The molecule has 21 heavy (non-hydrogen) atoms. The van der Waals surface area contributed by atoms with Crippen LogP contribution in [0.2, 0.25) is 0 Å². The van der Waals surface area contributed by atoms with E-state index in [9.17, 15) is 0 Å². The normalized spacial score (nSPS) is 15.0. The van der Waals surface area contributed by atoms with Gasteiger partial charge in [-0.15, -0.1) is 0 Å². The summed E-state index contributed by atoms with van der Waals surface area (Å²) in [4.78, 5) is 9.36. The second-order valence-electron chi connectivity index (χ2n) is 6.83. The van der Waals surface area contributed by atoms with Gasteiger partial charge in [-0.25, -0.2) is 9.97 Å². The summed E-state index contributed by atoms with van der Waals surface area (Å²) in [6.07, 6.45) is 0.870.